The van der Waals surface area contributed by atoms with Gasteiger partial charge in [-0.15, -0.1) is 0 Å². The lowest BCUT2D eigenvalue weighted by Crippen LogP contribution is -3.14. The van der Waals surface area contributed by atoms with Gasteiger partial charge in [-0.05, 0) is 32.3 Å². The van der Waals surface area contributed by atoms with Crippen LogP contribution in [0.3, 0.4) is 0 Å². The molecule has 0 spiro atoms. The van der Waals surface area contributed by atoms with Crippen LogP contribution in [-0.4, -0.2) is 64.0 Å². The van der Waals surface area contributed by atoms with Crippen molar-refractivity contribution in [3.05, 3.63) is 29.6 Å². The molecule has 2 aliphatic heterocycles. The minimum Gasteiger partial charge on any atom is -0.504 e. The Bertz CT molecular complexity index is 1170. The molecule has 10 nitrogen and oxygen atoms in total. The number of rotatable bonds is 5. The maximum absolute atomic E-state index is 13.4. The Labute approximate surface area is 198 Å². The van der Waals surface area contributed by atoms with Crippen LogP contribution in [0.2, 0.25) is 0 Å². The Morgan fingerprint density at radius 2 is 1.94 bits per heavy atom. The van der Waals surface area contributed by atoms with Crippen LogP contribution in [0.1, 0.15) is 45.1 Å². The highest BCUT2D eigenvalue weighted by atomic mass is 16.3. The van der Waals surface area contributed by atoms with Crippen molar-refractivity contribution in [2.24, 2.45) is 0 Å². The number of pyridine rings is 1. The van der Waals surface area contributed by atoms with Gasteiger partial charge >= 0.3 is 5.91 Å². The summed E-state index contributed by atoms with van der Waals surface area (Å²) in [6, 6.07) is 1.77. The maximum Gasteiger partial charge on any atom is 0.354 e. The number of amides is 1. The summed E-state index contributed by atoms with van der Waals surface area (Å²) in [7, 11) is 0. The van der Waals surface area contributed by atoms with E-state index >= 15 is 0 Å². The number of aromatic hydroxyl groups is 1. The smallest absolute Gasteiger partial charge is 0.354 e. The lowest BCUT2D eigenvalue weighted by atomic mass is 9.93. The van der Waals surface area contributed by atoms with Gasteiger partial charge in [0.2, 0.25) is 11.8 Å². The first-order valence-corrected chi connectivity index (χ1v) is 11.9. The molecule has 4 N–H and O–H groups in total. The number of hydrogen-bond acceptors (Lipinski definition) is 9. The third kappa shape index (κ3) is 4.03. The van der Waals surface area contributed by atoms with Crippen LogP contribution in [0.4, 0.5) is 23.3 Å². The van der Waals surface area contributed by atoms with Crippen molar-refractivity contribution >= 4 is 40.5 Å². The lowest BCUT2D eigenvalue weighted by Gasteiger charge is -2.29. The van der Waals surface area contributed by atoms with Gasteiger partial charge in [0, 0.05) is 51.3 Å². The van der Waals surface area contributed by atoms with Crippen molar-refractivity contribution in [1.29, 1.82) is 0 Å². The molecule has 1 atom stereocenters. The van der Waals surface area contributed by atoms with Crippen LogP contribution in [-0.2, 0) is 9.59 Å². The molecule has 1 amide bonds. The van der Waals surface area contributed by atoms with Crippen molar-refractivity contribution in [3.63, 3.8) is 0 Å². The van der Waals surface area contributed by atoms with E-state index in [1.165, 1.54) is 6.92 Å². The molecule has 5 rings (SSSR count). The lowest BCUT2D eigenvalue weighted by molar-refractivity contribution is -0.780. The molecule has 1 saturated carbocycles. The number of nitrogens with one attached hydrogen (secondary N) is 3. The van der Waals surface area contributed by atoms with E-state index in [1.807, 2.05) is 0 Å². The van der Waals surface area contributed by atoms with E-state index in [1.54, 1.807) is 25.4 Å². The van der Waals surface area contributed by atoms with Gasteiger partial charge in [0.25, 0.3) is 0 Å². The molecule has 0 bridgehead atoms. The second-order valence-corrected chi connectivity index (χ2v) is 9.16. The summed E-state index contributed by atoms with van der Waals surface area (Å²) in [6.45, 7) is 6.69. The Hall–Kier alpha value is -3.37. The predicted molar refractivity (Wildman–Crippen MR) is 127 cm³/mol. The van der Waals surface area contributed by atoms with Crippen LogP contribution < -0.4 is 20.4 Å². The number of piperazine rings is 1. The number of Topliss-reactive ketones (excluding diaryl/α,β-unsaturated/α-hetero) is 1. The number of anilines is 3. The zero-order valence-corrected chi connectivity index (χ0v) is 19.5. The van der Waals surface area contributed by atoms with Gasteiger partial charge in [-0.1, -0.05) is 0 Å². The summed E-state index contributed by atoms with van der Waals surface area (Å²) < 4.78 is 0. The number of aromatic nitrogens is 3. The SMILES string of the molecule is CC(=O)C1=C(C)c2cnc(Nc3ncc(N4CCNCC4)cc3O)nc2[NH+](C2CCCC2)C1=O. The second kappa shape index (κ2) is 9.11. The summed E-state index contributed by atoms with van der Waals surface area (Å²) in [6.07, 6.45) is 7.30. The maximum atomic E-state index is 13.4. The van der Waals surface area contributed by atoms with Gasteiger partial charge in [-0.3, -0.25) is 4.79 Å². The van der Waals surface area contributed by atoms with E-state index in [0.717, 1.165) is 57.5 Å². The van der Waals surface area contributed by atoms with Crippen molar-refractivity contribution in [2.45, 2.75) is 45.6 Å². The molecule has 1 aliphatic carbocycles. The molecule has 1 saturated heterocycles. The quantitative estimate of drug-likeness (QED) is 0.481. The first-order chi connectivity index (χ1) is 16.4. The Morgan fingerprint density at radius 3 is 2.62 bits per heavy atom. The van der Waals surface area contributed by atoms with Gasteiger partial charge in [0.05, 0.1) is 17.4 Å². The van der Waals surface area contributed by atoms with E-state index < -0.39 is 0 Å². The van der Waals surface area contributed by atoms with Gasteiger partial charge in [-0.2, -0.15) is 4.98 Å². The highest BCUT2D eigenvalue weighted by Crippen LogP contribution is 2.31. The van der Waals surface area contributed by atoms with Crippen LogP contribution in [0.25, 0.3) is 5.57 Å². The van der Waals surface area contributed by atoms with Crippen molar-refractivity contribution < 1.29 is 19.6 Å². The molecule has 2 aromatic rings. The number of quaternary nitrogens is 1. The molecule has 0 aromatic carbocycles. The first-order valence-electron chi connectivity index (χ1n) is 11.9. The molecule has 4 heterocycles. The van der Waals surface area contributed by atoms with Crippen LogP contribution in [0.15, 0.2) is 24.0 Å². The Morgan fingerprint density at radius 1 is 1.21 bits per heavy atom. The topological polar surface area (TPSA) is 125 Å². The third-order valence-electron chi connectivity index (χ3n) is 6.98. The summed E-state index contributed by atoms with van der Waals surface area (Å²) in [4.78, 5) is 41.9. The Kier molecular flexibility index (Phi) is 6.01. The van der Waals surface area contributed by atoms with Crippen molar-refractivity contribution in [1.82, 2.24) is 20.3 Å². The predicted octanol–water partition coefficient (Wildman–Crippen LogP) is 1.09. The van der Waals surface area contributed by atoms with Gasteiger partial charge < -0.3 is 20.6 Å². The molecule has 34 heavy (non-hydrogen) atoms. The van der Waals surface area contributed by atoms with Crippen molar-refractivity contribution in [3.8, 4) is 5.75 Å². The normalized spacial score (nSPS) is 21.1. The highest BCUT2D eigenvalue weighted by molar-refractivity contribution is 6.22. The molecule has 0 radical (unpaired) electrons. The molecule has 10 heteroatoms. The number of allylic oxidation sites excluding steroid dienone is 1. The number of ketones is 1. The fourth-order valence-corrected chi connectivity index (χ4v) is 5.23. The molecule has 2 aromatic heterocycles. The molecular formula is C24H30N7O3+. The van der Waals surface area contributed by atoms with E-state index in [0.29, 0.717) is 21.9 Å². The number of carbonyl (C=O) groups excluding carboxylic acids is 2. The molecule has 1 unspecified atom stereocenters. The molecule has 3 aliphatic rings. The molecule has 2 fully saturated rings. The van der Waals surface area contributed by atoms with Crippen LogP contribution in [0, 0.1) is 0 Å². The fraction of sp³-hybridized carbons (Fsp3) is 0.458. The minimum absolute atomic E-state index is 0.00312. The summed E-state index contributed by atoms with van der Waals surface area (Å²) >= 11 is 0. The molecule has 178 valence electrons. The zero-order chi connectivity index (χ0) is 23.8. The van der Waals surface area contributed by atoms with E-state index in [-0.39, 0.29) is 40.8 Å². The van der Waals surface area contributed by atoms with Crippen LogP contribution >= 0.6 is 0 Å². The summed E-state index contributed by atoms with van der Waals surface area (Å²) in [5, 5.41) is 16.9. The summed E-state index contributed by atoms with van der Waals surface area (Å²) in [5.41, 5.74) is 2.42. The summed E-state index contributed by atoms with van der Waals surface area (Å²) in [5.74, 6) is 0.635. The number of carbonyl (C=O) groups is 2. The minimum atomic E-state index is -0.232. The van der Waals surface area contributed by atoms with Crippen molar-refractivity contribution in [2.75, 3.05) is 36.4 Å². The van der Waals surface area contributed by atoms with Gasteiger partial charge in [0.15, 0.2) is 17.4 Å². The first kappa shape index (κ1) is 22.4. The van der Waals surface area contributed by atoms with Gasteiger partial charge in [0.1, 0.15) is 11.6 Å². The van der Waals surface area contributed by atoms with E-state index in [2.05, 4.69) is 30.5 Å². The zero-order valence-electron chi connectivity index (χ0n) is 19.5. The van der Waals surface area contributed by atoms with Crippen LogP contribution in [0.5, 0.6) is 5.75 Å². The Balaban J connectivity index is 1.47. The standard InChI is InChI=1S/C24H29N7O3/c1-14-18-13-27-24(28-21-19(33)11-17(12-26-21)30-9-7-25-8-10-30)29-22(18)31(16-5-3-4-6-16)23(34)20(14)15(2)32/h11-13,16,25,33H,3-10H2,1-2H3,(H,26,27,28,29)/p+1. The number of fused-ring (bicyclic) bond motifs is 1. The third-order valence-corrected chi connectivity index (χ3v) is 6.98. The highest BCUT2D eigenvalue weighted by Gasteiger charge is 2.44. The average molecular weight is 465 g/mol. The van der Waals surface area contributed by atoms with E-state index in [4.69, 9.17) is 0 Å². The van der Waals surface area contributed by atoms with Gasteiger partial charge in [-0.25, -0.2) is 19.7 Å². The second-order valence-electron chi connectivity index (χ2n) is 9.16. The number of nitrogens with zero attached hydrogens (tertiary/aromatic N) is 4. The monoisotopic (exact) mass is 464 g/mol. The van der Waals surface area contributed by atoms with E-state index in [9.17, 15) is 14.7 Å². The fourth-order valence-electron chi connectivity index (χ4n) is 5.23. The largest absolute Gasteiger partial charge is 0.504 e. The number of hydrogen-bond donors (Lipinski definition) is 4. The molecular weight excluding hydrogens is 434 g/mol. The average Bonchev–Trinajstić information content (AvgIpc) is 3.35.